The van der Waals surface area contributed by atoms with Crippen molar-refractivity contribution in [2.45, 2.75) is 63.5 Å². The van der Waals surface area contributed by atoms with Gasteiger partial charge in [0, 0.05) is 12.1 Å². The quantitative estimate of drug-likeness (QED) is 0.532. The van der Waals surface area contributed by atoms with Gasteiger partial charge in [-0.3, -0.25) is 4.90 Å². The fourth-order valence-corrected chi connectivity index (χ4v) is 3.85. The van der Waals surface area contributed by atoms with Crippen LogP contribution in [-0.4, -0.2) is 24.0 Å². The number of hydrogen-bond donors (Lipinski definition) is 0. The highest BCUT2D eigenvalue weighted by atomic mass is 15.2. The molecule has 2 atom stereocenters. The monoisotopic (exact) mass is 191 g/mol. The molecule has 1 heteroatoms. The molecule has 2 saturated carbocycles. The van der Waals surface area contributed by atoms with E-state index in [2.05, 4.69) is 11.9 Å². The average Bonchev–Trinajstić information content (AvgIpc) is 2.55. The molecule has 1 heterocycles. The van der Waals surface area contributed by atoms with E-state index in [-0.39, 0.29) is 0 Å². The summed E-state index contributed by atoms with van der Waals surface area (Å²) in [5.74, 6) is 0. The molecule has 0 radical (unpaired) electrons. The molecule has 3 rings (SSSR count). The van der Waals surface area contributed by atoms with Gasteiger partial charge in [-0.15, -0.1) is 0 Å². The fraction of sp³-hybridized carbons (Fsp3) is 0.846. The Labute approximate surface area is 87.2 Å². The molecule has 0 saturated heterocycles. The fourth-order valence-electron chi connectivity index (χ4n) is 3.85. The van der Waals surface area contributed by atoms with Crippen LogP contribution in [0.25, 0.3) is 0 Å². The lowest BCUT2D eigenvalue weighted by molar-refractivity contribution is 0.206. The summed E-state index contributed by atoms with van der Waals surface area (Å²) in [6.07, 6.45) is 11.5. The zero-order valence-corrected chi connectivity index (χ0v) is 9.26. The average molecular weight is 191 g/mol. The van der Waals surface area contributed by atoms with Crippen molar-refractivity contribution in [3.05, 3.63) is 11.1 Å². The Hall–Kier alpha value is -0.300. The van der Waals surface area contributed by atoms with Crippen LogP contribution in [0.3, 0.4) is 0 Å². The van der Waals surface area contributed by atoms with E-state index < -0.39 is 0 Å². The standard InChI is InChI=1S/C13H21N/c1-14-12-8-4-2-6-10(12)11-7-3-5-9-13(11)14/h12-13H,2-9H2,1H3/t12-,13+. The van der Waals surface area contributed by atoms with Crippen LogP contribution >= 0.6 is 0 Å². The Bertz CT molecular complexity index is 240. The van der Waals surface area contributed by atoms with Gasteiger partial charge in [0.2, 0.25) is 0 Å². The highest BCUT2D eigenvalue weighted by Crippen LogP contribution is 2.43. The van der Waals surface area contributed by atoms with Crippen LogP contribution < -0.4 is 0 Å². The van der Waals surface area contributed by atoms with E-state index >= 15 is 0 Å². The largest absolute Gasteiger partial charge is 0.293 e. The molecule has 2 fully saturated rings. The minimum Gasteiger partial charge on any atom is -0.293 e. The smallest absolute Gasteiger partial charge is 0.0313 e. The minimum atomic E-state index is 0.849. The molecule has 0 aromatic carbocycles. The summed E-state index contributed by atoms with van der Waals surface area (Å²) in [7, 11) is 2.36. The van der Waals surface area contributed by atoms with Crippen molar-refractivity contribution in [1.82, 2.24) is 4.90 Å². The number of nitrogens with zero attached hydrogens (tertiary/aromatic N) is 1. The third-order valence-electron chi connectivity index (χ3n) is 4.55. The maximum atomic E-state index is 2.68. The van der Waals surface area contributed by atoms with Gasteiger partial charge in [-0.25, -0.2) is 0 Å². The van der Waals surface area contributed by atoms with E-state index in [4.69, 9.17) is 0 Å². The minimum absolute atomic E-state index is 0.849. The van der Waals surface area contributed by atoms with Crippen LogP contribution in [0.2, 0.25) is 0 Å². The summed E-state index contributed by atoms with van der Waals surface area (Å²) in [5, 5.41) is 0. The Balaban J connectivity index is 1.94. The first-order valence-electron chi connectivity index (χ1n) is 6.31. The van der Waals surface area contributed by atoms with Crippen LogP contribution in [0.4, 0.5) is 0 Å². The molecule has 78 valence electrons. The molecule has 2 aliphatic carbocycles. The van der Waals surface area contributed by atoms with Gasteiger partial charge < -0.3 is 0 Å². The Kier molecular flexibility index (Phi) is 2.16. The van der Waals surface area contributed by atoms with Crippen molar-refractivity contribution in [2.24, 2.45) is 0 Å². The van der Waals surface area contributed by atoms with E-state index in [1.54, 1.807) is 0 Å². The molecular formula is C13H21N. The van der Waals surface area contributed by atoms with Gasteiger partial charge >= 0.3 is 0 Å². The zero-order chi connectivity index (χ0) is 9.54. The van der Waals surface area contributed by atoms with Crippen LogP contribution in [-0.2, 0) is 0 Å². The van der Waals surface area contributed by atoms with Crippen LogP contribution in [0.1, 0.15) is 51.4 Å². The van der Waals surface area contributed by atoms with Gasteiger partial charge in [-0.05, 0) is 45.6 Å². The topological polar surface area (TPSA) is 3.24 Å². The lowest BCUT2D eigenvalue weighted by Crippen LogP contribution is -2.36. The second-order valence-corrected chi connectivity index (χ2v) is 5.24. The van der Waals surface area contributed by atoms with Crippen molar-refractivity contribution in [2.75, 3.05) is 7.05 Å². The first-order chi connectivity index (χ1) is 6.88. The SMILES string of the molecule is CN1[C@@H]2CCCCC2=C2CCCC[C@@H]21. The molecule has 0 spiro atoms. The molecule has 0 bridgehead atoms. The summed E-state index contributed by atoms with van der Waals surface area (Å²) in [6, 6.07) is 1.70. The Morgan fingerprint density at radius 1 is 0.857 bits per heavy atom. The molecule has 3 aliphatic rings. The Morgan fingerprint density at radius 2 is 1.36 bits per heavy atom. The highest BCUT2D eigenvalue weighted by molar-refractivity contribution is 5.33. The second-order valence-electron chi connectivity index (χ2n) is 5.24. The number of likely N-dealkylation sites (N-methyl/N-ethyl adjacent to an activating group) is 1. The van der Waals surface area contributed by atoms with E-state index in [0.29, 0.717) is 0 Å². The number of fused-ring (bicyclic) bond motifs is 2. The molecule has 1 nitrogen and oxygen atoms in total. The second kappa shape index (κ2) is 3.37. The lowest BCUT2D eigenvalue weighted by Gasteiger charge is -2.31. The lowest BCUT2D eigenvalue weighted by atomic mass is 9.84. The predicted octanol–water partition coefficient (Wildman–Crippen LogP) is 3.11. The van der Waals surface area contributed by atoms with Crippen molar-refractivity contribution >= 4 is 0 Å². The molecule has 0 N–H and O–H groups in total. The van der Waals surface area contributed by atoms with Gasteiger partial charge in [-0.1, -0.05) is 24.0 Å². The molecule has 14 heavy (non-hydrogen) atoms. The van der Waals surface area contributed by atoms with E-state index in [1.807, 2.05) is 11.1 Å². The van der Waals surface area contributed by atoms with Gasteiger partial charge in [0.15, 0.2) is 0 Å². The van der Waals surface area contributed by atoms with Crippen molar-refractivity contribution in [3.63, 3.8) is 0 Å². The summed E-state index contributed by atoms with van der Waals surface area (Å²) in [4.78, 5) is 2.68. The van der Waals surface area contributed by atoms with Crippen LogP contribution in [0.15, 0.2) is 11.1 Å². The highest BCUT2D eigenvalue weighted by Gasteiger charge is 2.39. The molecular weight excluding hydrogens is 170 g/mol. The van der Waals surface area contributed by atoms with Gasteiger partial charge in [-0.2, -0.15) is 0 Å². The van der Waals surface area contributed by atoms with Gasteiger partial charge in [0.25, 0.3) is 0 Å². The van der Waals surface area contributed by atoms with E-state index in [9.17, 15) is 0 Å². The summed E-state index contributed by atoms with van der Waals surface area (Å²) in [6.45, 7) is 0. The van der Waals surface area contributed by atoms with E-state index in [0.717, 1.165) is 12.1 Å². The van der Waals surface area contributed by atoms with Crippen molar-refractivity contribution in [1.29, 1.82) is 0 Å². The normalized spacial score (nSPS) is 38.4. The summed E-state index contributed by atoms with van der Waals surface area (Å²) >= 11 is 0. The first kappa shape index (κ1) is 8.96. The maximum Gasteiger partial charge on any atom is 0.0313 e. The van der Waals surface area contributed by atoms with Crippen molar-refractivity contribution < 1.29 is 0 Å². The van der Waals surface area contributed by atoms with E-state index in [1.165, 1.54) is 51.4 Å². The summed E-state index contributed by atoms with van der Waals surface area (Å²) in [5.41, 5.74) is 3.73. The van der Waals surface area contributed by atoms with Gasteiger partial charge in [0.05, 0.1) is 0 Å². The summed E-state index contributed by atoms with van der Waals surface area (Å²) < 4.78 is 0. The molecule has 0 amide bonds. The zero-order valence-electron chi connectivity index (χ0n) is 9.26. The first-order valence-corrected chi connectivity index (χ1v) is 6.31. The molecule has 0 aromatic heterocycles. The molecule has 0 aromatic rings. The predicted molar refractivity (Wildman–Crippen MR) is 59.3 cm³/mol. The third kappa shape index (κ3) is 1.18. The number of rotatable bonds is 0. The molecule has 0 unspecified atom stereocenters. The Morgan fingerprint density at radius 3 is 1.86 bits per heavy atom. The van der Waals surface area contributed by atoms with Gasteiger partial charge in [0.1, 0.15) is 0 Å². The van der Waals surface area contributed by atoms with Crippen LogP contribution in [0.5, 0.6) is 0 Å². The number of hydrogen-bond acceptors (Lipinski definition) is 1. The molecule has 1 aliphatic heterocycles. The van der Waals surface area contributed by atoms with Crippen molar-refractivity contribution in [3.8, 4) is 0 Å². The third-order valence-corrected chi connectivity index (χ3v) is 4.55. The van der Waals surface area contributed by atoms with Crippen LogP contribution in [0, 0.1) is 0 Å². The maximum absolute atomic E-state index is 2.68.